The summed E-state index contributed by atoms with van der Waals surface area (Å²) in [6, 6.07) is 52.6. The van der Waals surface area contributed by atoms with Crippen LogP contribution in [0.25, 0.3) is 44.5 Å². The minimum atomic E-state index is 1.25. The summed E-state index contributed by atoms with van der Waals surface area (Å²) in [6.45, 7) is 0. The summed E-state index contributed by atoms with van der Waals surface area (Å²) in [5, 5.41) is 5.33. The minimum Gasteiger partial charge on any atom is -0.0622 e. The van der Waals surface area contributed by atoms with E-state index in [-0.39, 0.29) is 0 Å². The first-order valence-electron chi connectivity index (χ1n) is 12.5. The average Bonchev–Trinajstić information content (AvgIpc) is 2.97. The van der Waals surface area contributed by atoms with Crippen molar-refractivity contribution in [1.29, 1.82) is 0 Å². The minimum absolute atomic E-state index is 1.25. The Morgan fingerprint density at radius 2 is 0.417 bits per heavy atom. The maximum Gasteiger partial charge on any atom is -0.00921 e. The lowest BCUT2D eigenvalue weighted by Crippen LogP contribution is -1.98. The van der Waals surface area contributed by atoms with Gasteiger partial charge in [-0.25, -0.2) is 0 Å². The normalized spacial score (nSPS) is 11.3. The molecule has 0 aromatic heterocycles. The predicted octanol–water partition coefficient (Wildman–Crippen LogP) is 9.24. The molecular formula is C36H24. The molecule has 0 spiro atoms. The second-order valence-electron chi connectivity index (χ2n) is 9.35. The van der Waals surface area contributed by atoms with E-state index in [4.69, 9.17) is 0 Å². The molecule has 0 radical (unpaired) electrons. The first-order valence-corrected chi connectivity index (χ1v) is 12.5. The maximum atomic E-state index is 2.40. The number of fused-ring (bicyclic) bond motifs is 2. The van der Waals surface area contributed by atoms with Crippen LogP contribution in [0, 0.1) is 20.9 Å². The monoisotopic (exact) mass is 456 g/mol. The van der Waals surface area contributed by atoms with Crippen LogP contribution in [0.1, 0.15) is 0 Å². The molecule has 0 heteroatoms. The standard InChI is InChI=1S/C36H24/c1-5-13-25(14-6-1)29-21-33-34(22-30(29)26-15-7-2-8-16-26)36-24-32(28-19-11-4-12-20-28)31(23-35(33)36)27-17-9-3-10-18-27/h1-24H. The molecule has 0 saturated heterocycles. The predicted molar refractivity (Wildman–Crippen MR) is 150 cm³/mol. The fourth-order valence-electron chi connectivity index (χ4n) is 5.45. The molecule has 6 aromatic rings. The van der Waals surface area contributed by atoms with Crippen LogP contribution in [0.15, 0.2) is 146 Å². The van der Waals surface area contributed by atoms with Crippen molar-refractivity contribution in [3.05, 3.63) is 166 Å². The highest BCUT2D eigenvalue weighted by Gasteiger charge is 2.15. The van der Waals surface area contributed by atoms with Gasteiger partial charge in [0.1, 0.15) is 0 Å². The van der Waals surface area contributed by atoms with Crippen LogP contribution in [-0.2, 0) is 0 Å². The van der Waals surface area contributed by atoms with E-state index in [0.29, 0.717) is 0 Å². The van der Waals surface area contributed by atoms with E-state index in [1.165, 1.54) is 65.4 Å². The zero-order valence-corrected chi connectivity index (χ0v) is 19.9. The maximum absolute atomic E-state index is 2.40. The van der Waals surface area contributed by atoms with Crippen molar-refractivity contribution in [2.75, 3.05) is 0 Å². The Hall–Kier alpha value is -4.68. The zero-order valence-electron chi connectivity index (χ0n) is 19.9. The third-order valence-corrected chi connectivity index (χ3v) is 7.23. The SMILES string of the molecule is c1ccc(-c2cc3c(cc2-c2ccccc2)=c2cc(-c4ccccc4)c(-c4ccccc4)cc2=3)cc1. The van der Waals surface area contributed by atoms with Gasteiger partial charge in [0.05, 0.1) is 0 Å². The van der Waals surface area contributed by atoms with Crippen molar-refractivity contribution in [3.63, 3.8) is 0 Å². The van der Waals surface area contributed by atoms with Gasteiger partial charge < -0.3 is 0 Å². The first kappa shape index (κ1) is 20.7. The van der Waals surface area contributed by atoms with Crippen molar-refractivity contribution < 1.29 is 0 Å². The van der Waals surface area contributed by atoms with Gasteiger partial charge in [-0.3, -0.25) is 0 Å². The van der Waals surface area contributed by atoms with E-state index in [9.17, 15) is 0 Å². The summed E-state index contributed by atoms with van der Waals surface area (Å²) < 4.78 is 0. The molecule has 168 valence electrons. The quantitative estimate of drug-likeness (QED) is 0.248. The highest BCUT2D eigenvalue weighted by Crippen LogP contribution is 2.38. The molecule has 0 atom stereocenters. The zero-order chi connectivity index (χ0) is 23.9. The van der Waals surface area contributed by atoms with Crippen molar-refractivity contribution in [3.8, 4) is 44.5 Å². The van der Waals surface area contributed by atoms with E-state index < -0.39 is 0 Å². The largest absolute Gasteiger partial charge is 0.0622 e. The molecule has 0 heterocycles. The molecule has 0 N–H and O–H groups in total. The fraction of sp³-hybridized carbons (Fsp3) is 0. The van der Waals surface area contributed by atoms with Crippen molar-refractivity contribution in [2.24, 2.45) is 0 Å². The number of rotatable bonds is 4. The molecule has 0 unspecified atom stereocenters. The van der Waals surface area contributed by atoms with Crippen molar-refractivity contribution in [2.45, 2.75) is 0 Å². The van der Waals surface area contributed by atoms with Crippen LogP contribution in [0.2, 0.25) is 0 Å². The van der Waals surface area contributed by atoms with E-state index in [1.54, 1.807) is 0 Å². The number of hydrogen-bond acceptors (Lipinski definition) is 0. The molecule has 36 heavy (non-hydrogen) atoms. The molecule has 1 aliphatic carbocycles. The molecule has 1 aliphatic rings. The Morgan fingerprint density at radius 1 is 0.222 bits per heavy atom. The Balaban J connectivity index is 1.56. The van der Waals surface area contributed by atoms with Crippen molar-refractivity contribution >= 4 is 0 Å². The smallest absolute Gasteiger partial charge is 0.00921 e. The van der Waals surface area contributed by atoms with E-state index in [0.717, 1.165) is 0 Å². The Morgan fingerprint density at radius 3 is 0.611 bits per heavy atom. The van der Waals surface area contributed by atoms with Crippen LogP contribution < -0.4 is 0 Å². The Labute approximate surface area is 210 Å². The summed E-state index contributed by atoms with van der Waals surface area (Å²) in [6.07, 6.45) is 0. The molecule has 7 rings (SSSR count). The van der Waals surface area contributed by atoms with Crippen LogP contribution in [0.3, 0.4) is 0 Å². The first-order chi connectivity index (χ1) is 17.9. The lowest BCUT2D eigenvalue weighted by molar-refractivity contribution is 1.29. The van der Waals surface area contributed by atoms with Crippen LogP contribution in [0.5, 0.6) is 0 Å². The van der Waals surface area contributed by atoms with Crippen LogP contribution in [-0.4, -0.2) is 0 Å². The molecule has 0 saturated carbocycles. The Bertz CT molecular complexity index is 1580. The summed E-state index contributed by atoms with van der Waals surface area (Å²) in [4.78, 5) is 0. The van der Waals surface area contributed by atoms with Gasteiger partial charge in [-0.1, -0.05) is 121 Å². The molecule has 6 aromatic carbocycles. The van der Waals surface area contributed by atoms with Gasteiger partial charge in [0.2, 0.25) is 0 Å². The van der Waals surface area contributed by atoms with Gasteiger partial charge in [0.25, 0.3) is 0 Å². The topological polar surface area (TPSA) is 0 Å². The number of benzene rings is 6. The van der Waals surface area contributed by atoms with Gasteiger partial charge in [-0.05, 0) is 89.6 Å². The van der Waals surface area contributed by atoms with Gasteiger partial charge in [-0.15, -0.1) is 0 Å². The van der Waals surface area contributed by atoms with Crippen LogP contribution >= 0.6 is 0 Å². The van der Waals surface area contributed by atoms with Crippen LogP contribution in [0.4, 0.5) is 0 Å². The molecule has 0 aliphatic heterocycles. The lowest BCUT2D eigenvalue weighted by Gasteiger charge is -2.17. The molecule has 0 fully saturated rings. The van der Waals surface area contributed by atoms with Gasteiger partial charge in [0, 0.05) is 0 Å². The third kappa shape index (κ3) is 3.39. The fourth-order valence-corrected chi connectivity index (χ4v) is 5.45. The summed E-state index contributed by atoms with van der Waals surface area (Å²) >= 11 is 0. The van der Waals surface area contributed by atoms with Gasteiger partial charge in [-0.2, -0.15) is 0 Å². The third-order valence-electron chi connectivity index (χ3n) is 7.23. The molecular weight excluding hydrogens is 432 g/mol. The molecule has 0 amide bonds. The lowest BCUT2D eigenvalue weighted by atomic mass is 9.86. The summed E-state index contributed by atoms with van der Waals surface area (Å²) in [7, 11) is 0. The summed E-state index contributed by atoms with van der Waals surface area (Å²) in [5.41, 5.74) is 10.1. The van der Waals surface area contributed by atoms with Gasteiger partial charge in [0.15, 0.2) is 0 Å². The van der Waals surface area contributed by atoms with Gasteiger partial charge >= 0.3 is 0 Å². The van der Waals surface area contributed by atoms with E-state index in [2.05, 4.69) is 146 Å². The second kappa shape index (κ2) is 8.52. The summed E-state index contributed by atoms with van der Waals surface area (Å²) in [5.74, 6) is 0. The van der Waals surface area contributed by atoms with E-state index >= 15 is 0 Å². The molecule has 0 nitrogen and oxygen atoms in total. The van der Waals surface area contributed by atoms with E-state index in [1.807, 2.05) is 0 Å². The highest BCUT2D eigenvalue weighted by molar-refractivity contribution is 5.86. The molecule has 0 bridgehead atoms. The second-order valence-corrected chi connectivity index (χ2v) is 9.35. The number of hydrogen-bond donors (Lipinski definition) is 0. The Kier molecular flexibility index (Phi) is 4.89. The average molecular weight is 457 g/mol. The van der Waals surface area contributed by atoms with Crippen molar-refractivity contribution in [1.82, 2.24) is 0 Å². The highest BCUT2D eigenvalue weighted by atomic mass is 14.2.